The molecule has 0 unspecified atom stereocenters. The zero-order chi connectivity index (χ0) is 25.5. The molecule has 188 valence electrons. The van der Waals surface area contributed by atoms with Gasteiger partial charge in [0.1, 0.15) is 6.61 Å². The molecule has 0 aromatic rings. The van der Waals surface area contributed by atoms with Gasteiger partial charge in [-0.2, -0.15) is 65.9 Å². The van der Waals surface area contributed by atoms with Gasteiger partial charge in [-0.05, 0) is 12.5 Å². The highest BCUT2D eigenvalue weighted by molar-refractivity contribution is 7.64. The third-order valence-corrected chi connectivity index (χ3v) is 6.05. The van der Waals surface area contributed by atoms with Crippen molar-refractivity contribution in [2.75, 3.05) is 13.2 Å². The molecule has 0 radical (unpaired) electrons. The van der Waals surface area contributed by atoms with E-state index in [2.05, 4.69) is 4.74 Å². The Bertz CT molecular complexity index is 616. The van der Waals surface area contributed by atoms with Crippen molar-refractivity contribution in [2.45, 2.75) is 54.2 Å². The smallest absolute Gasteiger partial charge is 0.375 e. The Morgan fingerprint density at radius 2 is 0.903 bits per heavy atom. The molecule has 0 N–H and O–H groups in total. The summed E-state index contributed by atoms with van der Waals surface area (Å²) < 4.78 is 198. The van der Waals surface area contributed by atoms with Crippen molar-refractivity contribution in [2.24, 2.45) is 0 Å². The van der Waals surface area contributed by atoms with Gasteiger partial charge in [-0.3, -0.25) is 0 Å². The minimum atomic E-state index is -8.31. The fraction of sp³-hybridized carbons (Fsp3) is 1.00. The first kappa shape index (κ1) is 31.0. The van der Waals surface area contributed by atoms with Crippen molar-refractivity contribution in [3.05, 3.63) is 0 Å². The molecule has 0 saturated carbocycles. The lowest BCUT2D eigenvalue weighted by atomic mass is 9.91. The van der Waals surface area contributed by atoms with Gasteiger partial charge in [-0.1, -0.05) is 0 Å². The average Bonchev–Trinajstić information content (AvgIpc) is 2.51. The summed E-state index contributed by atoms with van der Waals surface area (Å²) in [4.78, 5) is 0. The van der Waals surface area contributed by atoms with Crippen LogP contribution in [0.5, 0.6) is 0 Å². The fourth-order valence-corrected chi connectivity index (χ4v) is 3.41. The molecular formula is C11H8Cl3F15OSi. The number of ether oxygens (including phenoxy) is 1. The molecule has 0 heterocycles. The molecule has 0 amide bonds. The molecule has 0 aliphatic heterocycles. The summed E-state index contributed by atoms with van der Waals surface area (Å²) in [5, 5.41) is 0. The summed E-state index contributed by atoms with van der Waals surface area (Å²) in [6.07, 6.45) is -8.09. The van der Waals surface area contributed by atoms with E-state index in [1.165, 1.54) is 0 Å². The quantitative estimate of drug-likeness (QED) is 0.108. The van der Waals surface area contributed by atoms with E-state index >= 15 is 0 Å². The van der Waals surface area contributed by atoms with E-state index < -0.39 is 67.3 Å². The van der Waals surface area contributed by atoms with Gasteiger partial charge in [0.15, 0.2) is 0 Å². The monoisotopic (exact) mass is 574 g/mol. The molecule has 0 aromatic heterocycles. The van der Waals surface area contributed by atoms with Crippen LogP contribution in [0.25, 0.3) is 0 Å². The summed E-state index contributed by atoms with van der Waals surface area (Å²) in [7, 11) is 0. The minimum Gasteiger partial charge on any atom is -0.375 e. The highest BCUT2D eigenvalue weighted by atomic mass is 35.8. The zero-order valence-electron chi connectivity index (χ0n) is 14.0. The van der Waals surface area contributed by atoms with E-state index in [0.717, 1.165) is 0 Å². The molecule has 20 heteroatoms. The maximum Gasteiger partial charge on any atom is 0.460 e. The van der Waals surface area contributed by atoms with Crippen LogP contribution in [-0.4, -0.2) is 60.9 Å². The molecule has 0 rings (SSSR count). The lowest BCUT2D eigenvalue weighted by molar-refractivity contribution is -0.453. The van der Waals surface area contributed by atoms with Crippen LogP contribution in [0.4, 0.5) is 65.9 Å². The zero-order valence-corrected chi connectivity index (χ0v) is 17.3. The Hall–Kier alpha value is -0.00312. The normalized spacial score (nSPS) is 16.1. The number of halogens is 18. The van der Waals surface area contributed by atoms with Gasteiger partial charge in [0.2, 0.25) is 0 Å². The van der Waals surface area contributed by atoms with Crippen LogP contribution < -0.4 is 0 Å². The molecule has 0 aromatic carbocycles. The molecule has 0 aliphatic rings. The second kappa shape index (κ2) is 8.98. The maximum absolute atomic E-state index is 13.4. The Kier molecular flexibility index (Phi) is 8.98. The topological polar surface area (TPSA) is 9.23 Å². The van der Waals surface area contributed by atoms with Crippen LogP contribution in [-0.2, 0) is 4.74 Å². The Morgan fingerprint density at radius 3 is 1.26 bits per heavy atom. The van der Waals surface area contributed by atoms with Gasteiger partial charge in [0, 0.05) is 6.61 Å². The number of hydrogen-bond acceptors (Lipinski definition) is 1. The summed E-state index contributed by atoms with van der Waals surface area (Å²) in [5.41, 5.74) is 0. The van der Waals surface area contributed by atoms with Crippen LogP contribution in [0.1, 0.15) is 6.42 Å². The summed E-state index contributed by atoms with van der Waals surface area (Å²) in [6.45, 7) is -3.87. The van der Waals surface area contributed by atoms with Gasteiger partial charge >= 0.3 is 47.7 Å². The second-order valence-electron chi connectivity index (χ2n) is 5.85. The van der Waals surface area contributed by atoms with E-state index in [1.807, 2.05) is 0 Å². The van der Waals surface area contributed by atoms with Crippen molar-refractivity contribution >= 4 is 39.2 Å². The highest BCUT2D eigenvalue weighted by Crippen LogP contribution is 2.62. The molecule has 0 saturated heterocycles. The molecule has 0 atom stereocenters. The van der Waals surface area contributed by atoms with Crippen LogP contribution in [0.15, 0.2) is 0 Å². The van der Waals surface area contributed by atoms with Gasteiger partial charge in [0.05, 0.1) is 0 Å². The Labute approximate surface area is 177 Å². The first-order valence-corrected chi connectivity index (χ1v) is 12.4. The van der Waals surface area contributed by atoms with Gasteiger partial charge in [-0.15, -0.1) is 33.2 Å². The highest BCUT2D eigenvalue weighted by Gasteiger charge is 2.93. The fourth-order valence-electron chi connectivity index (χ4n) is 1.66. The lowest BCUT2D eigenvalue weighted by Gasteiger charge is -2.41. The van der Waals surface area contributed by atoms with Crippen LogP contribution in [0, 0.1) is 0 Å². The van der Waals surface area contributed by atoms with Crippen molar-refractivity contribution in [1.82, 2.24) is 0 Å². The van der Waals surface area contributed by atoms with Gasteiger partial charge in [-0.25, -0.2) is 0 Å². The summed E-state index contributed by atoms with van der Waals surface area (Å²) in [6, 6.07) is -3.70. The largest absolute Gasteiger partial charge is 0.460 e. The standard InChI is InChI=1S/C11H8Cl3F15OSi/c12-31(13,14)3-1-2-30-4-5(15,16)6(17,18)7(19,20)8(21,22)9(23,24)10(25,26)11(27,28)29/h1-4H2. The molecule has 0 aliphatic carbocycles. The molecule has 0 fully saturated rings. The minimum absolute atomic E-state index is 0.341. The van der Waals surface area contributed by atoms with Crippen LogP contribution in [0.3, 0.4) is 0 Å². The van der Waals surface area contributed by atoms with Crippen molar-refractivity contribution in [3.63, 3.8) is 0 Å². The van der Waals surface area contributed by atoms with Crippen molar-refractivity contribution in [1.29, 1.82) is 0 Å². The molecule has 1 nitrogen and oxygen atoms in total. The van der Waals surface area contributed by atoms with E-state index in [9.17, 15) is 65.9 Å². The predicted molar refractivity (Wildman–Crippen MR) is 79.3 cm³/mol. The first-order chi connectivity index (χ1) is 13.2. The van der Waals surface area contributed by atoms with E-state index in [4.69, 9.17) is 33.2 Å². The van der Waals surface area contributed by atoms with E-state index in [-0.39, 0.29) is 6.04 Å². The SMILES string of the molecule is FC(F)(F)C(F)(F)C(F)(F)C(F)(F)C(F)(F)C(F)(F)C(F)(F)COCCC[Si](Cl)(Cl)Cl. The summed E-state index contributed by atoms with van der Waals surface area (Å²) in [5.74, 6) is -46.7. The van der Waals surface area contributed by atoms with E-state index in [0.29, 0.717) is 0 Å². The number of rotatable bonds is 11. The lowest BCUT2D eigenvalue weighted by Crippen LogP contribution is -2.73. The third kappa shape index (κ3) is 5.74. The first-order valence-electron chi connectivity index (χ1n) is 7.19. The summed E-state index contributed by atoms with van der Waals surface area (Å²) >= 11 is 16.0. The molecule has 0 spiro atoms. The molecule has 31 heavy (non-hydrogen) atoms. The molecule has 0 bridgehead atoms. The van der Waals surface area contributed by atoms with Crippen LogP contribution >= 0.6 is 33.2 Å². The predicted octanol–water partition coefficient (Wildman–Crippen LogP) is 7.42. The Balaban J connectivity index is 5.83. The van der Waals surface area contributed by atoms with E-state index in [1.54, 1.807) is 0 Å². The Morgan fingerprint density at radius 1 is 0.548 bits per heavy atom. The van der Waals surface area contributed by atoms with Crippen molar-refractivity contribution in [3.8, 4) is 0 Å². The number of alkyl halides is 15. The average molecular weight is 576 g/mol. The van der Waals surface area contributed by atoms with Gasteiger partial charge < -0.3 is 4.74 Å². The second-order valence-corrected chi connectivity index (χ2v) is 15.1. The molecular weight excluding hydrogens is 568 g/mol. The third-order valence-electron chi connectivity index (χ3n) is 3.43. The van der Waals surface area contributed by atoms with Crippen LogP contribution in [0.2, 0.25) is 6.04 Å². The van der Waals surface area contributed by atoms with Gasteiger partial charge in [0.25, 0.3) is 0 Å². The van der Waals surface area contributed by atoms with Crippen molar-refractivity contribution < 1.29 is 70.6 Å². The number of hydrogen-bond donors (Lipinski definition) is 0. The maximum atomic E-state index is 13.4.